The van der Waals surface area contributed by atoms with E-state index < -0.39 is 0 Å². The first-order chi connectivity index (χ1) is 14.5. The van der Waals surface area contributed by atoms with Crippen molar-refractivity contribution in [2.75, 3.05) is 13.1 Å². The molecule has 2 unspecified atom stereocenters. The van der Waals surface area contributed by atoms with Gasteiger partial charge in [0.2, 0.25) is 0 Å². The summed E-state index contributed by atoms with van der Waals surface area (Å²) in [6, 6.07) is 0. The highest BCUT2D eigenvalue weighted by Crippen LogP contribution is 2.55. The van der Waals surface area contributed by atoms with Gasteiger partial charge in [-0.15, -0.1) is 5.06 Å². The van der Waals surface area contributed by atoms with Gasteiger partial charge in [0.05, 0.1) is 0 Å². The standard InChI is InChI=1S/C27H53NO2/c1-5-7-9-18-22-28(23-19-10-8-6-2)30-26(29)20-16-14-12-11-13-15-17-21-27(4)24-25(27)3/h25H,5-24H2,1-4H3. The molecule has 1 rings (SSSR count). The van der Waals surface area contributed by atoms with Crippen LogP contribution in [0.3, 0.4) is 0 Å². The average Bonchev–Trinajstić information content (AvgIpc) is 3.32. The van der Waals surface area contributed by atoms with E-state index in [0.717, 1.165) is 44.7 Å². The van der Waals surface area contributed by atoms with E-state index in [0.29, 0.717) is 11.8 Å². The summed E-state index contributed by atoms with van der Waals surface area (Å²) in [5.74, 6) is 0.939. The number of hydroxylamine groups is 2. The van der Waals surface area contributed by atoms with Gasteiger partial charge < -0.3 is 4.84 Å². The van der Waals surface area contributed by atoms with E-state index >= 15 is 0 Å². The van der Waals surface area contributed by atoms with Crippen molar-refractivity contribution >= 4 is 5.97 Å². The number of carbonyl (C=O) groups excluding carboxylic acids is 1. The summed E-state index contributed by atoms with van der Waals surface area (Å²) in [4.78, 5) is 18.0. The Balaban J connectivity index is 2.02. The third-order valence-corrected chi connectivity index (χ3v) is 7.18. The third kappa shape index (κ3) is 13.7. The predicted molar refractivity (Wildman–Crippen MR) is 129 cm³/mol. The van der Waals surface area contributed by atoms with Crippen LogP contribution in [0.4, 0.5) is 0 Å². The molecular weight excluding hydrogens is 370 g/mol. The average molecular weight is 424 g/mol. The largest absolute Gasteiger partial charge is 0.368 e. The van der Waals surface area contributed by atoms with Gasteiger partial charge in [-0.3, -0.25) is 4.79 Å². The zero-order chi connectivity index (χ0) is 22.1. The summed E-state index contributed by atoms with van der Waals surface area (Å²) in [5.41, 5.74) is 0.681. The summed E-state index contributed by atoms with van der Waals surface area (Å²) < 4.78 is 0. The highest BCUT2D eigenvalue weighted by atomic mass is 16.7. The molecule has 0 heterocycles. The van der Waals surface area contributed by atoms with Gasteiger partial charge in [0.1, 0.15) is 0 Å². The minimum atomic E-state index is -0.0206. The lowest BCUT2D eigenvalue weighted by Crippen LogP contribution is -2.29. The van der Waals surface area contributed by atoms with Gasteiger partial charge in [-0.1, -0.05) is 105 Å². The fourth-order valence-electron chi connectivity index (χ4n) is 4.49. The van der Waals surface area contributed by atoms with Crippen molar-refractivity contribution in [2.45, 2.75) is 143 Å². The second-order valence-corrected chi connectivity index (χ2v) is 10.2. The molecule has 3 heteroatoms. The maximum atomic E-state index is 12.3. The molecule has 1 fully saturated rings. The molecule has 1 aliphatic rings. The Morgan fingerprint density at radius 2 is 1.27 bits per heavy atom. The van der Waals surface area contributed by atoms with Gasteiger partial charge in [0, 0.05) is 19.5 Å². The molecule has 0 aliphatic heterocycles. The molecule has 1 aliphatic carbocycles. The monoisotopic (exact) mass is 423 g/mol. The first kappa shape index (κ1) is 27.5. The number of rotatable bonds is 21. The Kier molecular flexibility index (Phi) is 15.6. The van der Waals surface area contributed by atoms with Crippen LogP contribution in [0.25, 0.3) is 0 Å². The van der Waals surface area contributed by atoms with Crippen LogP contribution in [0.2, 0.25) is 0 Å². The van der Waals surface area contributed by atoms with Crippen LogP contribution in [0.1, 0.15) is 143 Å². The molecule has 0 N–H and O–H groups in total. The van der Waals surface area contributed by atoms with Crippen molar-refractivity contribution in [3.8, 4) is 0 Å². The summed E-state index contributed by atoms with van der Waals surface area (Å²) in [7, 11) is 0. The van der Waals surface area contributed by atoms with Gasteiger partial charge >= 0.3 is 5.97 Å². The topological polar surface area (TPSA) is 29.5 Å². The van der Waals surface area contributed by atoms with Crippen molar-refractivity contribution in [1.82, 2.24) is 5.06 Å². The Hall–Kier alpha value is -0.570. The first-order valence-corrected chi connectivity index (χ1v) is 13.5. The molecule has 0 radical (unpaired) electrons. The third-order valence-electron chi connectivity index (χ3n) is 7.18. The van der Waals surface area contributed by atoms with Crippen LogP contribution in [-0.4, -0.2) is 24.1 Å². The van der Waals surface area contributed by atoms with Crippen molar-refractivity contribution < 1.29 is 9.63 Å². The Bertz CT molecular complexity index is 413. The van der Waals surface area contributed by atoms with Crippen LogP contribution >= 0.6 is 0 Å². The maximum Gasteiger partial charge on any atom is 0.325 e. The second kappa shape index (κ2) is 17.0. The maximum absolute atomic E-state index is 12.3. The van der Waals surface area contributed by atoms with E-state index in [4.69, 9.17) is 4.84 Å². The first-order valence-electron chi connectivity index (χ1n) is 13.5. The summed E-state index contributed by atoms with van der Waals surface area (Å²) in [6.07, 6.45) is 22.1. The molecule has 0 amide bonds. The van der Waals surface area contributed by atoms with Crippen LogP contribution in [0.5, 0.6) is 0 Å². The number of carbonyl (C=O) groups is 1. The molecular formula is C27H53NO2. The van der Waals surface area contributed by atoms with Crippen molar-refractivity contribution in [1.29, 1.82) is 0 Å². The lowest BCUT2D eigenvalue weighted by molar-refractivity contribution is -0.191. The van der Waals surface area contributed by atoms with Crippen LogP contribution in [0, 0.1) is 11.3 Å². The van der Waals surface area contributed by atoms with Crippen LogP contribution in [0.15, 0.2) is 0 Å². The van der Waals surface area contributed by atoms with Crippen LogP contribution < -0.4 is 0 Å². The van der Waals surface area contributed by atoms with Crippen molar-refractivity contribution in [3.05, 3.63) is 0 Å². The van der Waals surface area contributed by atoms with Gasteiger partial charge in [0.25, 0.3) is 0 Å². The highest BCUT2D eigenvalue weighted by Gasteiger charge is 2.45. The molecule has 1 saturated carbocycles. The van der Waals surface area contributed by atoms with Gasteiger partial charge in [0.15, 0.2) is 0 Å². The van der Waals surface area contributed by atoms with E-state index in [1.54, 1.807) is 0 Å². The molecule has 30 heavy (non-hydrogen) atoms. The Morgan fingerprint density at radius 3 is 1.77 bits per heavy atom. The molecule has 0 aromatic heterocycles. The molecule has 0 bridgehead atoms. The smallest absolute Gasteiger partial charge is 0.325 e. The van der Waals surface area contributed by atoms with Crippen molar-refractivity contribution in [3.63, 3.8) is 0 Å². The fourth-order valence-corrected chi connectivity index (χ4v) is 4.49. The molecule has 0 aromatic carbocycles. The zero-order valence-electron chi connectivity index (χ0n) is 21.0. The molecule has 178 valence electrons. The van der Waals surface area contributed by atoms with Gasteiger partial charge in [-0.2, -0.15) is 0 Å². The second-order valence-electron chi connectivity index (χ2n) is 10.2. The van der Waals surface area contributed by atoms with E-state index in [2.05, 4.69) is 27.7 Å². The highest BCUT2D eigenvalue weighted by molar-refractivity contribution is 5.68. The molecule has 0 spiro atoms. The van der Waals surface area contributed by atoms with E-state index in [9.17, 15) is 4.79 Å². The lowest BCUT2D eigenvalue weighted by atomic mass is 9.97. The molecule has 0 aromatic rings. The minimum absolute atomic E-state index is 0.0206. The Morgan fingerprint density at radius 1 is 0.800 bits per heavy atom. The van der Waals surface area contributed by atoms with Gasteiger partial charge in [-0.25, -0.2) is 0 Å². The number of hydrogen-bond donors (Lipinski definition) is 0. The Labute approximate surface area is 188 Å². The number of unbranched alkanes of at least 4 members (excludes halogenated alkanes) is 12. The number of nitrogens with zero attached hydrogens (tertiary/aromatic N) is 1. The quantitative estimate of drug-likeness (QED) is 0.137. The van der Waals surface area contributed by atoms with E-state index in [1.807, 2.05) is 5.06 Å². The normalized spacial score (nSPS) is 20.6. The van der Waals surface area contributed by atoms with Crippen molar-refractivity contribution in [2.24, 2.45) is 11.3 Å². The summed E-state index contributed by atoms with van der Waals surface area (Å²) in [5, 5.41) is 1.95. The SMILES string of the molecule is CCCCCCN(CCCCCC)OC(=O)CCCCCCCCCC1(C)CC1C. The number of hydrogen-bond acceptors (Lipinski definition) is 3. The van der Waals surface area contributed by atoms with E-state index in [1.165, 1.54) is 83.5 Å². The van der Waals surface area contributed by atoms with E-state index in [-0.39, 0.29) is 5.97 Å². The molecule has 3 nitrogen and oxygen atoms in total. The minimum Gasteiger partial charge on any atom is -0.368 e. The zero-order valence-corrected chi connectivity index (χ0v) is 21.0. The fraction of sp³-hybridized carbons (Fsp3) is 0.963. The van der Waals surface area contributed by atoms with Gasteiger partial charge in [-0.05, 0) is 43.4 Å². The predicted octanol–water partition coefficient (Wildman–Crippen LogP) is 8.46. The molecule has 2 atom stereocenters. The molecule has 0 saturated heterocycles. The summed E-state index contributed by atoms with van der Waals surface area (Å²) in [6.45, 7) is 11.1. The lowest BCUT2D eigenvalue weighted by Gasteiger charge is -2.21. The summed E-state index contributed by atoms with van der Waals surface area (Å²) >= 11 is 0. The van der Waals surface area contributed by atoms with Crippen LogP contribution in [-0.2, 0) is 9.63 Å².